The Kier molecular flexibility index (Phi) is 5.91. The van der Waals surface area contributed by atoms with E-state index >= 15 is 0 Å². The maximum Gasteiger partial charge on any atom is 0.416 e. The fourth-order valence-electron chi connectivity index (χ4n) is 2.83. The fourth-order valence-corrected chi connectivity index (χ4v) is 3.21. The normalized spacial score (nSPS) is 11.4. The molecule has 0 atom stereocenters. The van der Waals surface area contributed by atoms with Crippen LogP contribution in [0.4, 0.5) is 30.6 Å². The largest absolute Gasteiger partial charge is 0.439 e. The minimum atomic E-state index is -4.41. The van der Waals surface area contributed by atoms with Crippen molar-refractivity contribution in [3.63, 3.8) is 0 Å². The molecule has 2 heterocycles. The second kappa shape index (κ2) is 8.79. The van der Waals surface area contributed by atoms with Crippen molar-refractivity contribution in [2.45, 2.75) is 11.3 Å². The smallest absolute Gasteiger partial charge is 0.416 e. The van der Waals surface area contributed by atoms with Crippen molar-refractivity contribution < 1.29 is 17.9 Å². The lowest BCUT2D eigenvalue weighted by molar-refractivity contribution is -0.137. The van der Waals surface area contributed by atoms with Crippen LogP contribution < -0.4 is 15.8 Å². The van der Waals surface area contributed by atoms with E-state index in [2.05, 4.69) is 25.3 Å². The molecule has 2 aromatic heterocycles. The number of hydrogen-bond donors (Lipinski definition) is 3. The number of nitrogens with one attached hydrogen (secondary N) is 2. The van der Waals surface area contributed by atoms with Gasteiger partial charge in [-0.1, -0.05) is 17.8 Å². The summed E-state index contributed by atoms with van der Waals surface area (Å²) in [4.78, 5) is 15.6. The number of imidazole rings is 1. The molecule has 0 aliphatic carbocycles. The number of aromatic amines is 1. The van der Waals surface area contributed by atoms with Gasteiger partial charge in [-0.05, 0) is 54.3 Å². The van der Waals surface area contributed by atoms with Gasteiger partial charge in [-0.15, -0.1) is 0 Å². The molecule has 0 aliphatic heterocycles. The molecule has 0 bridgehead atoms. The Labute approximate surface area is 185 Å². The van der Waals surface area contributed by atoms with Crippen molar-refractivity contribution in [3.05, 3.63) is 66.4 Å². The second-order valence-electron chi connectivity index (χ2n) is 6.59. The van der Waals surface area contributed by atoms with E-state index in [1.165, 1.54) is 30.0 Å². The van der Waals surface area contributed by atoms with Gasteiger partial charge in [0.2, 0.25) is 11.8 Å². The van der Waals surface area contributed by atoms with Gasteiger partial charge in [-0.25, -0.2) is 9.97 Å². The molecule has 0 fully saturated rings. The highest BCUT2D eigenvalue weighted by Gasteiger charge is 2.30. The van der Waals surface area contributed by atoms with Crippen molar-refractivity contribution in [1.29, 1.82) is 0 Å². The molecule has 7 nitrogen and oxygen atoms in total. The van der Waals surface area contributed by atoms with Gasteiger partial charge in [0.25, 0.3) is 0 Å². The van der Waals surface area contributed by atoms with Gasteiger partial charge in [-0.3, -0.25) is 0 Å². The highest BCUT2D eigenvalue weighted by Crippen LogP contribution is 2.31. The summed E-state index contributed by atoms with van der Waals surface area (Å²) in [6.45, 7) is 0. The number of alkyl halides is 3. The van der Waals surface area contributed by atoms with Crippen LogP contribution >= 0.6 is 11.8 Å². The molecule has 11 heteroatoms. The number of nitrogen functional groups attached to an aromatic ring is 1. The number of hydrogen-bond acceptors (Lipinski definition) is 7. The van der Waals surface area contributed by atoms with Gasteiger partial charge >= 0.3 is 6.18 Å². The van der Waals surface area contributed by atoms with E-state index in [0.717, 1.165) is 17.7 Å². The van der Waals surface area contributed by atoms with E-state index in [1.807, 2.05) is 18.4 Å². The van der Waals surface area contributed by atoms with E-state index in [1.54, 1.807) is 18.3 Å². The number of thioether (sulfide) groups is 1. The molecule has 4 rings (SSSR count). The SMILES string of the molecule is CSc1nc(N)cc(Oc2ccc(-c3cnc(Nc4cccc(C(F)(F)F)c4)[nH]3)cc2)n1. The Bertz CT molecular complexity index is 1230. The first kappa shape index (κ1) is 21.5. The number of anilines is 3. The molecule has 0 radical (unpaired) electrons. The number of nitrogens with zero attached hydrogens (tertiary/aromatic N) is 3. The van der Waals surface area contributed by atoms with Crippen LogP contribution in [0.1, 0.15) is 5.56 Å². The lowest BCUT2D eigenvalue weighted by atomic mass is 10.2. The monoisotopic (exact) mass is 458 g/mol. The van der Waals surface area contributed by atoms with Crippen LogP contribution in [0, 0.1) is 0 Å². The molecular weight excluding hydrogens is 441 g/mol. The standard InChI is InChI=1S/C21H17F3N6OS/c1-32-20-29-17(25)10-18(30-20)31-15-7-5-12(6-8-15)16-11-26-19(28-16)27-14-4-2-3-13(9-14)21(22,23)24/h2-11H,1H3,(H2,25,29,30)(H2,26,27,28). The van der Waals surface area contributed by atoms with Gasteiger partial charge in [0, 0.05) is 11.8 Å². The number of aromatic nitrogens is 4. The van der Waals surface area contributed by atoms with Crippen LogP contribution in [-0.2, 0) is 6.18 Å². The molecule has 4 N–H and O–H groups in total. The van der Waals surface area contributed by atoms with Crippen LogP contribution in [-0.4, -0.2) is 26.2 Å². The molecule has 4 aromatic rings. The summed E-state index contributed by atoms with van der Waals surface area (Å²) in [5, 5.41) is 3.36. The maximum absolute atomic E-state index is 12.9. The van der Waals surface area contributed by atoms with E-state index in [0.29, 0.717) is 34.2 Å². The summed E-state index contributed by atoms with van der Waals surface area (Å²) in [6, 6.07) is 13.6. The zero-order valence-electron chi connectivity index (χ0n) is 16.6. The molecule has 0 saturated heterocycles. The first-order valence-electron chi connectivity index (χ1n) is 9.26. The van der Waals surface area contributed by atoms with Crippen LogP contribution in [0.3, 0.4) is 0 Å². The van der Waals surface area contributed by atoms with E-state index in [4.69, 9.17) is 10.5 Å². The zero-order chi connectivity index (χ0) is 22.7. The molecule has 2 aromatic carbocycles. The molecule has 0 unspecified atom stereocenters. The van der Waals surface area contributed by atoms with Gasteiger partial charge in [0.15, 0.2) is 5.16 Å². The Morgan fingerprint density at radius 1 is 1.06 bits per heavy atom. The fraction of sp³-hybridized carbons (Fsp3) is 0.0952. The summed E-state index contributed by atoms with van der Waals surface area (Å²) in [7, 11) is 0. The Morgan fingerprint density at radius 3 is 2.56 bits per heavy atom. The van der Waals surface area contributed by atoms with Crippen molar-refractivity contribution in [2.75, 3.05) is 17.3 Å². The van der Waals surface area contributed by atoms with Crippen molar-refractivity contribution in [2.24, 2.45) is 0 Å². The average molecular weight is 458 g/mol. The van der Waals surface area contributed by atoms with Crippen molar-refractivity contribution in [1.82, 2.24) is 19.9 Å². The number of nitrogens with two attached hydrogens (primary N) is 1. The molecule has 32 heavy (non-hydrogen) atoms. The first-order chi connectivity index (χ1) is 15.3. The molecule has 0 aliphatic rings. The third-order valence-electron chi connectivity index (χ3n) is 4.30. The Balaban J connectivity index is 1.46. The predicted molar refractivity (Wildman–Crippen MR) is 117 cm³/mol. The number of H-pyrrole nitrogens is 1. The van der Waals surface area contributed by atoms with Crippen LogP contribution in [0.2, 0.25) is 0 Å². The molecule has 0 saturated carbocycles. The predicted octanol–water partition coefficient (Wildman–Crippen LogP) is 5.73. The first-order valence-corrected chi connectivity index (χ1v) is 10.5. The number of halogens is 3. The summed E-state index contributed by atoms with van der Waals surface area (Å²) >= 11 is 1.36. The van der Waals surface area contributed by atoms with Gasteiger partial charge < -0.3 is 20.8 Å². The average Bonchev–Trinajstić information content (AvgIpc) is 3.22. The quantitative estimate of drug-likeness (QED) is 0.251. The van der Waals surface area contributed by atoms with Gasteiger partial charge in [0.05, 0.1) is 17.5 Å². The third kappa shape index (κ3) is 5.11. The van der Waals surface area contributed by atoms with Gasteiger partial charge in [0.1, 0.15) is 11.6 Å². The van der Waals surface area contributed by atoms with E-state index in [9.17, 15) is 13.2 Å². The molecule has 0 amide bonds. The Morgan fingerprint density at radius 2 is 1.84 bits per heavy atom. The number of ether oxygens (including phenoxy) is 1. The highest BCUT2D eigenvalue weighted by atomic mass is 32.2. The summed E-state index contributed by atoms with van der Waals surface area (Å²) in [6.07, 6.45) is -0.986. The van der Waals surface area contributed by atoms with E-state index < -0.39 is 11.7 Å². The van der Waals surface area contributed by atoms with Crippen molar-refractivity contribution >= 4 is 29.2 Å². The topological polar surface area (TPSA) is 102 Å². The lowest BCUT2D eigenvalue weighted by Gasteiger charge is -2.09. The Hall–Kier alpha value is -3.73. The number of benzene rings is 2. The second-order valence-corrected chi connectivity index (χ2v) is 7.37. The summed E-state index contributed by atoms with van der Waals surface area (Å²) < 4.78 is 44.4. The number of rotatable bonds is 6. The zero-order valence-corrected chi connectivity index (χ0v) is 17.5. The highest BCUT2D eigenvalue weighted by molar-refractivity contribution is 7.98. The van der Waals surface area contributed by atoms with E-state index in [-0.39, 0.29) is 5.69 Å². The molecular formula is C21H17F3N6OS. The molecule has 164 valence electrons. The summed E-state index contributed by atoms with van der Waals surface area (Å²) in [5.74, 6) is 1.53. The maximum atomic E-state index is 12.9. The third-order valence-corrected chi connectivity index (χ3v) is 4.85. The van der Waals surface area contributed by atoms with Crippen LogP contribution in [0.15, 0.2) is 66.0 Å². The van der Waals surface area contributed by atoms with Crippen LogP contribution in [0.25, 0.3) is 11.3 Å². The van der Waals surface area contributed by atoms with Gasteiger partial charge in [-0.2, -0.15) is 18.2 Å². The molecule has 0 spiro atoms. The van der Waals surface area contributed by atoms with Crippen molar-refractivity contribution in [3.8, 4) is 22.9 Å². The minimum Gasteiger partial charge on any atom is -0.439 e. The summed E-state index contributed by atoms with van der Waals surface area (Å²) in [5.41, 5.74) is 6.79. The minimum absolute atomic E-state index is 0.276. The van der Waals surface area contributed by atoms with Crippen LogP contribution in [0.5, 0.6) is 11.6 Å². The lowest BCUT2D eigenvalue weighted by Crippen LogP contribution is -2.05.